The predicted molar refractivity (Wildman–Crippen MR) is 72.8 cm³/mol. The van der Waals surface area contributed by atoms with E-state index >= 15 is 0 Å². The Bertz CT molecular complexity index is 474. The summed E-state index contributed by atoms with van der Waals surface area (Å²) in [6.45, 7) is 4.07. The second kappa shape index (κ2) is 6.63. The maximum absolute atomic E-state index is 11.8. The van der Waals surface area contributed by atoms with Gasteiger partial charge in [-0.15, -0.1) is 0 Å². The van der Waals surface area contributed by atoms with Crippen molar-refractivity contribution in [1.82, 2.24) is 5.32 Å². The summed E-state index contributed by atoms with van der Waals surface area (Å²) in [6.07, 6.45) is 0.873. The zero-order valence-electron chi connectivity index (χ0n) is 11.1. The molecule has 1 unspecified atom stereocenters. The molecule has 0 fully saturated rings. The molecule has 104 valence electrons. The highest BCUT2D eigenvalue weighted by molar-refractivity contribution is 5.98. The van der Waals surface area contributed by atoms with Crippen LogP contribution in [0.2, 0.25) is 0 Å². The van der Waals surface area contributed by atoms with Gasteiger partial charge < -0.3 is 21.5 Å². The van der Waals surface area contributed by atoms with E-state index in [1.54, 1.807) is 12.1 Å². The molecule has 0 bridgehead atoms. The third-order valence-electron chi connectivity index (χ3n) is 2.51. The molecule has 0 saturated carbocycles. The first-order chi connectivity index (χ1) is 8.95. The van der Waals surface area contributed by atoms with E-state index in [1.165, 1.54) is 13.0 Å². The number of carbonyl (C=O) groups excluding carboxylic acids is 2. The SMILES string of the molecule is CCCOc1ccc(C(=O)NC(C)C(N)=O)cc1N. The van der Waals surface area contributed by atoms with E-state index in [0.29, 0.717) is 23.6 Å². The van der Waals surface area contributed by atoms with Crippen LogP contribution in [0.4, 0.5) is 5.69 Å². The van der Waals surface area contributed by atoms with Crippen LogP contribution < -0.4 is 21.5 Å². The lowest BCUT2D eigenvalue weighted by molar-refractivity contribution is -0.119. The molecule has 0 aliphatic rings. The van der Waals surface area contributed by atoms with Crippen LogP contribution in [-0.2, 0) is 4.79 Å². The van der Waals surface area contributed by atoms with Gasteiger partial charge in [-0.25, -0.2) is 0 Å². The van der Waals surface area contributed by atoms with E-state index < -0.39 is 17.9 Å². The lowest BCUT2D eigenvalue weighted by Gasteiger charge is -2.12. The summed E-state index contributed by atoms with van der Waals surface area (Å²) in [5.41, 5.74) is 11.6. The van der Waals surface area contributed by atoms with Crippen LogP contribution in [0.3, 0.4) is 0 Å². The third kappa shape index (κ3) is 4.17. The van der Waals surface area contributed by atoms with E-state index in [9.17, 15) is 9.59 Å². The minimum Gasteiger partial charge on any atom is -0.491 e. The van der Waals surface area contributed by atoms with Gasteiger partial charge in [0.05, 0.1) is 12.3 Å². The molecule has 19 heavy (non-hydrogen) atoms. The Kier molecular flexibility index (Phi) is 5.17. The van der Waals surface area contributed by atoms with Crippen molar-refractivity contribution in [2.24, 2.45) is 5.73 Å². The lowest BCUT2D eigenvalue weighted by Crippen LogP contribution is -2.42. The van der Waals surface area contributed by atoms with Gasteiger partial charge in [-0.05, 0) is 31.5 Å². The van der Waals surface area contributed by atoms with Crippen LogP contribution >= 0.6 is 0 Å². The summed E-state index contributed by atoms with van der Waals surface area (Å²) in [5.74, 6) is -0.453. The number of hydrogen-bond donors (Lipinski definition) is 3. The van der Waals surface area contributed by atoms with Crippen molar-refractivity contribution < 1.29 is 14.3 Å². The minimum atomic E-state index is -0.732. The molecule has 1 aromatic carbocycles. The summed E-state index contributed by atoms with van der Waals surface area (Å²) in [4.78, 5) is 22.7. The molecular weight excluding hydrogens is 246 g/mol. The average molecular weight is 265 g/mol. The largest absolute Gasteiger partial charge is 0.491 e. The Balaban J connectivity index is 2.77. The molecule has 0 aromatic heterocycles. The fourth-order valence-electron chi connectivity index (χ4n) is 1.38. The summed E-state index contributed by atoms with van der Waals surface area (Å²) in [7, 11) is 0. The maximum atomic E-state index is 11.8. The molecule has 1 rings (SSSR count). The molecule has 1 aromatic rings. The second-order valence-corrected chi connectivity index (χ2v) is 4.20. The Morgan fingerprint density at radius 3 is 2.63 bits per heavy atom. The molecule has 0 saturated heterocycles. The van der Waals surface area contributed by atoms with Gasteiger partial charge in [0.15, 0.2) is 0 Å². The Morgan fingerprint density at radius 2 is 2.11 bits per heavy atom. The molecule has 6 nitrogen and oxygen atoms in total. The van der Waals surface area contributed by atoms with Gasteiger partial charge in [-0.1, -0.05) is 6.92 Å². The van der Waals surface area contributed by atoms with Crippen LogP contribution in [0.5, 0.6) is 5.75 Å². The highest BCUT2D eigenvalue weighted by atomic mass is 16.5. The second-order valence-electron chi connectivity index (χ2n) is 4.20. The van der Waals surface area contributed by atoms with Crippen LogP contribution in [0.15, 0.2) is 18.2 Å². The molecule has 5 N–H and O–H groups in total. The van der Waals surface area contributed by atoms with Gasteiger partial charge in [0.25, 0.3) is 5.91 Å². The van der Waals surface area contributed by atoms with Crippen molar-refractivity contribution in [3.8, 4) is 5.75 Å². The number of rotatable bonds is 6. The zero-order chi connectivity index (χ0) is 14.4. The summed E-state index contributed by atoms with van der Waals surface area (Å²) in [6, 6.07) is 4.00. The molecular formula is C13H19N3O3. The summed E-state index contributed by atoms with van der Waals surface area (Å²) < 4.78 is 5.41. The number of amides is 2. The first kappa shape index (κ1) is 14.8. The summed E-state index contributed by atoms with van der Waals surface area (Å²) >= 11 is 0. The number of benzene rings is 1. The molecule has 0 heterocycles. The van der Waals surface area contributed by atoms with Crippen molar-refractivity contribution in [3.63, 3.8) is 0 Å². The maximum Gasteiger partial charge on any atom is 0.251 e. The summed E-state index contributed by atoms with van der Waals surface area (Å²) in [5, 5.41) is 2.48. The number of primary amides is 1. The number of ether oxygens (including phenoxy) is 1. The first-order valence-electron chi connectivity index (χ1n) is 6.08. The van der Waals surface area contributed by atoms with E-state index in [-0.39, 0.29) is 0 Å². The molecule has 1 atom stereocenters. The van der Waals surface area contributed by atoms with Crippen LogP contribution in [0, 0.1) is 0 Å². The van der Waals surface area contributed by atoms with Crippen LogP contribution in [0.1, 0.15) is 30.6 Å². The number of hydrogen-bond acceptors (Lipinski definition) is 4. The van der Waals surface area contributed by atoms with E-state index in [4.69, 9.17) is 16.2 Å². The molecule has 2 amide bonds. The van der Waals surface area contributed by atoms with Crippen molar-refractivity contribution >= 4 is 17.5 Å². The molecule has 0 radical (unpaired) electrons. The number of anilines is 1. The first-order valence-corrected chi connectivity index (χ1v) is 6.08. The lowest BCUT2D eigenvalue weighted by atomic mass is 10.1. The monoisotopic (exact) mass is 265 g/mol. The number of nitrogens with one attached hydrogen (secondary N) is 1. The number of carbonyl (C=O) groups is 2. The molecule has 0 aliphatic carbocycles. The van der Waals surface area contributed by atoms with Gasteiger partial charge >= 0.3 is 0 Å². The zero-order valence-corrected chi connectivity index (χ0v) is 11.1. The third-order valence-corrected chi connectivity index (χ3v) is 2.51. The van der Waals surface area contributed by atoms with Gasteiger partial charge in [0, 0.05) is 5.56 Å². The van der Waals surface area contributed by atoms with E-state index in [0.717, 1.165) is 6.42 Å². The average Bonchev–Trinajstić information content (AvgIpc) is 2.36. The number of nitrogens with two attached hydrogens (primary N) is 2. The van der Waals surface area contributed by atoms with Crippen molar-refractivity contribution in [2.45, 2.75) is 26.3 Å². The Labute approximate surface area is 112 Å². The smallest absolute Gasteiger partial charge is 0.251 e. The van der Waals surface area contributed by atoms with Crippen LogP contribution in [-0.4, -0.2) is 24.5 Å². The molecule has 0 aliphatic heterocycles. The fraction of sp³-hybridized carbons (Fsp3) is 0.385. The molecule has 0 spiro atoms. The minimum absolute atomic E-state index is 0.356. The van der Waals surface area contributed by atoms with Crippen molar-refractivity contribution in [3.05, 3.63) is 23.8 Å². The van der Waals surface area contributed by atoms with E-state index in [1.807, 2.05) is 6.92 Å². The topological polar surface area (TPSA) is 107 Å². The number of nitrogen functional groups attached to an aromatic ring is 1. The van der Waals surface area contributed by atoms with E-state index in [2.05, 4.69) is 5.32 Å². The Morgan fingerprint density at radius 1 is 1.42 bits per heavy atom. The normalized spacial score (nSPS) is 11.7. The van der Waals surface area contributed by atoms with Gasteiger partial charge in [0.1, 0.15) is 11.8 Å². The van der Waals surface area contributed by atoms with Gasteiger partial charge in [-0.3, -0.25) is 9.59 Å². The van der Waals surface area contributed by atoms with Crippen LogP contribution in [0.25, 0.3) is 0 Å². The molecule has 6 heteroatoms. The fourth-order valence-corrected chi connectivity index (χ4v) is 1.38. The van der Waals surface area contributed by atoms with Gasteiger partial charge in [0.2, 0.25) is 5.91 Å². The van der Waals surface area contributed by atoms with Gasteiger partial charge in [-0.2, -0.15) is 0 Å². The highest BCUT2D eigenvalue weighted by Crippen LogP contribution is 2.22. The highest BCUT2D eigenvalue weighted by Gasteiger charge is 2.14. The Hall–Kier alpha value is -2.24. The van der Waals surface area contributed by atoms with Crippen molar-refractivity contribution in [2.75, 3.05) is 12.3 Å². The van der Waals surface area contributed by atoms with Crippen molar-refractivity contribution in [1.29, 1.82) is 0 Å². The standard InChI is InChI=1S/C13H19N3O3/c1-3-6-19-11-5-4-9(7-10(11)14)13(18)16-8(2)12(15)17/h4-5,7-8H,3,6,14H2,1-2H3,(H2,15,17)(H,16,18). The predicted octanol–water partition coefficient (Wildman–Crippen LogP) is 0.661. The quantitative estimate of drug-likeness (QED) is 0.657.